The summed E-state index contributed by atoms with van der Waals surface area (Å²) in [6.07, 6.45) is 0. The number of amides is 1. The van der Waals surface area contributed by atoms with Crippen molar-refractivity contribution in [3.8, 4) is 0 Å². The van der Waals surface area contributed by atoms with E-state index in [1.54, 1.807) is 0 Å². The van der Waals surface area contributed by atoms with Gasteiger partial charge in [-0.1, -0.05) is 0 Å². The van der Waals surface area contributed by atoms with E-state index in [0.717, 1.165) is 0 Å². The van der Waals surface area contributed by atoms with Crippen molar-refractivity contribution in [3.63, 3.8) is 0 Å². The molecule has 0 saturated carbocycles. The third-order valence-electron chi connectivity index (χ3n) is 0.985. The Morgan fingerprint density at radius 3 is 2.07 bits per heavy atom. The van der Waals surface area contributed by atoms with Crippen LogP contribution in [0.4, 0.5) is 0 Å². The summed E-state index contributed by atoms with van der Waals surface area (Å²) < 4.78 is 31.6. The number of nitrogens with one attached hydrogen (secondary N) is 2. The molecule has 8 N–H and O–H groups in total. The molecule has 1 amide bonds. The third kappa shape index (κ3) is 6.25. The summed E-state index contributed by atoms with van der Waals surface area (Å²) in [5.41, 5.74) is 10.1. The number of nitrogens with two attached hydrogens (primary N) is 2. The molecule has 0 unspecified atom stereocenters. The van der Waals surface area contributed by atoms with Gasteiger partial charge in [-0.05, 0) is 0 Å². The Bertz CT molecular complexity index is 403. The second kappa shape index (κ2) is 4.59. The van der Waals surface area contributed by atoms with Gasteiger partial charge in [-0.2, -0.15) is 13.7 Å². The molecular weight excluding hydrogens is 230 g/mol. The molecule has 0 saturated heterocycles. The highest BCUT2D eigenvalue weighted by atomic mass is 32.3. The van der Waals surface area contributed by atoms with Crippen LogP contribution in [0.2, 0.25) is 0 Å². The molecule has 0 aliphatic carbocycles. The smallest absolute Gasteiger partial charge is 0.391 e. The molecule has 1 aliphatic rings. The zero-order valence-electron chi connectivity index (χ0n) is 7.13. The number of carbonyl (C=O) groups excluding carboxylic acids is 1. The monoisotopic (exact) mass is 238 g/mol. The van der Waals surface area contributed by atoms with E-state index >= 15 is 0 Å². The highest BCUT2D eigenvalue weighted by Crippen LogP contribution is 1.93. The highest BCUT2D eigenvalue weighted by molar-refractivity contribution is 7.79. The Balaban J connectivity index is 0.000000336. The van der Waals surface area contributed by atoms with Crippen LogP contribution in [0.5, 0.6) is 0 Å². The normalized spacial score (nSPS) is 16.1. The predicted molar refractivity (Wildman–Crippen MR) is 47.6 cm³/mol. The minimum Gasteiger partial charge on any atom is -0.391 e. The van der Waals surface area contributed by atoms with E-state index in [1.165, 1.54) is 0 Å². The Morgan fingerprint density at radius 2 is 1.73 bits per heavy atom. The van der Waals surface area contributed by atoms with Crippen LogP contribution in [0.1, 0.15) is 0 Å². The van der Waals surface area contributed by atoms with Crippen LogP contribution in [-0.2, 0) is 15.2 Å². The fourth-order valence-electron chi connectivity index (χ4n) is 0.500. The first-order valence-corrected chi connectivity index (χ1v) is 4.57. The average Bonchev–Trinajstić information content (AvgIpc) is 1.96. The standard InChI is InChI=1S/C4H6N5O.H2O4S/c5-1-2(6)8-4(7)9-3(1)10;1-5(2,3)4/h5-6H2,(H2,7,9,10);(H2,1,2,3,4). The maximum Gasteiger partial charge on any atom is 0.394 e. The van der Waals surface area contributed by atoms with Crippen molar-refractivity contribution >= 4 is 22.3 Å². The van der Waals surface area contributed by atoms with E-state index in [-0.39, 0.29) is 17.5 Å². The number of hydrogen-bond acceptors (Lipinski definition) is 6. The quantitative estimate of drug-likeness (QED) is 0.243. The Labute approximate surface area is 84.4 Å². The summed E-state index contributed by atoms with van der Waals surface area (Å²) in [6.45, 7) is 0. The lowest BCUT2D eigenvalue weighted by Gasteiger charge is -2.13. The summed E-state index contributed by atoms with van der Waals surface area (Å²) in [5.74, 6) is -0.956. The molecule has 0 atom stereocenters. The van der Waals surface area contributed by atoms with Crippen LogP contribution in [0.15, 0.2) is 11.5 Å². The van der Waals surface area contributed by atoms with Gasteiger partial charge in [-0.25, -0.2) is 0 Å². The molecule has 0 fully saturated rings. The molecule has 1 radical (unpaired) electrons. The van der Waals surface area contributed by atoms with Gasteiger partial charge in [0.2, 0.25) is 5.96 Å². The molecule has 1 rings (SSSR count). The number of guanidine groups is 1. The topological polar surface area (TPSA) is 194 Å². The number of hydrogen-bond donors (Lipinski definition) is 6. The van der Waals surface area contributed by atoms with Gasteiger partial charge in [0.15, 0.2) is 5.82 Å². The lowest BCUT2D eigenvalue weighted by Crippen LogP contribution is -2.46. The zero-order valence-corrected chi connectivity index (χ0v) is 7.95. The SMILES string of the molecule is N=C1[N]C(N)=C(N)C(=O)N1.O=S(=O)(O)O. The summed E-state index contributed by atoms with van der Waals surface area (Å²) >= 11 is 0. The highest BCUT2D eigenvalue weighted by Gasteiger charge is 2.19. The lowest BCUT2D eigenvalue weighted by atomic mass is 10.3. The van der Waals surface area contributed by atoms with Crippen molar-refractivity contribution in [2.45, 2.75) is 0 Å². The third-order valence-corrected chi connectivity index (χ3v) is 0.985. The Kier molecular flexibility index (Phi) is 4.02. The zero-order chi connectivity index (χ0) is 12.2. The van der Waals surface area contributed by atoms with E-state index < -0.39 is 16.3 Å². The molecule has 0 aromatic rings. The van der Waals surface area contributed by atoms with E-state index in [9.17, 15) is 4.79 Å². The van der Waals surface area contributed by atoms with Gasteiger partial charge in [0.05, 0.1) is 0 Å². The molecular formula is C4H8N5O5S. The fourth-order valence-corrected chi connectivity index (χ4v) is 0.500. The number of nitrogens with zero attached hydrogens (tertiary/aromatic N) is 1. The summed E-state index contributed by atoms with van der Waals surface area (Å²) in [7, 11) is -4.67. The van der Waals surface area contributed by atoms with E-state index in [0.29, 0.717) is 0 Å². The fraction of sp³-hybridized carbons (Fsp3) is 0. The van der Waals surface area contributed by atoms with Gasteiger partial charge in [-0.3, -0.25) is 24.6 Å². The molecule has 85 valence electrons. The van der Waals surface area contributed by atoms with E-state index in [1.807, 2.05) is 0 Å². The summed E-state index contributed by atoms with van der Waals surface area (Å²) in [5, 5.41) is 12.3. The maximum absolute atomic E-state index is 10.6. The summed E-state index contributed by atoms with van der Waals surface area (Å²) in [6, 6.07) is 0. The van der Waals surface area contributed by atoms with Gasteiger partial charge < -0.3 is 11.5 Å². The van der Waals surface area contributed by atoms with Crippen molar-refractivity contribution in [1.29, 1.82) is 5.41 Å². The largest absolute Gasteiger partial charge is 0.394 e. The maximum atomic E-state index is 10.6. The molecule has 15 heavy (non-hydrogen) atoms. The number of carbonyl (C=O) groups is 1. The average molecular weight is 238 g/mol. The van der Waals surface area contributed by atoms with Crippen LogP contribution >= 0.6 is 0 Å². The second-order valence-corrected chi connectivity index (χ2v) is 3.06. The van der Waals surface area contributed by atoms with Crippen LogP contribution in [0, 0.1) is 5.41 Å². The lowest BCUT2D eigenvalue weighted by molar-refractivity contribution is -0.116. The number of rotatable bonds is 0. The molecule has 0 bridgehead atoms. The van der Waals surface area contributed by atoms with Crippen molar-refractivity contribution in [3.05, 3.63) is 11.5 Å². The van der Waals surface area contributed by atoms with Gasteiger partial charge in [-0.15, -0.1) is 0 Å². The minimum atomic E-state index is -4.67. The van der Waals surface area contributed by atoms with E-state index in [2.05, 4.69) is 10.6 Å². The van der Waals surface area contributed by atoms with Crippen LogP contribution < -0.4 is 22.1 Å². The summed E-state index contributed by atoms with van der Waals surface area (Å²) in [4.78, 5) is 10.6. The van der Waals surface area contributed by atoms with Gasteiger partial charge in [0.25, 0.3) is 5.91 Å². The van der Waals surface area contributed by atoms with E-state index in [4.69, 9.17) is 34.4 Å². The van der Waals surface area contributed by atoms with Crippen LogP contribution in [-0.4, -0.2) is 29.4 Å². The molecule has 0 spiro atoms. The first-order chi connectivity index (χ1) is 6.61. The Hall–Kier alpha value is -1.85. The molecule has 11 heteroatoms. The molecule has 0 aromatic carbocycles. The molecule has 10 nitrogen and oxygen atoms in total. The van der Waals surface area contributed by atoms with Crippen molar-refractivity contribution in [2.24, 2.45) is 11.5 Å². The van der Waals surface area contributed by atoms with Gasteiger partial charge in [0.1, 0.15) is 5.70 Å². The Morgan fingerprint density at radius 1 is 1.33 bits per heavy atom. The van der Waals surface area contributed by atoms with Crippen molar-refractivity contribution in [1.82, 2.24) is 10.6 Å². The molecule has 1 heterocycles. The van der Waals surface area contributed by atoms with Crippen molar-refractivity contribution < 1.29 is 22.3 Å². The predicted octanol–water partition coefficient (Wildman–Crippen LogP) is -2.91. The van der Waals surface area contributed by atoms with Crippen molar-refractivity contribution in [2.75, 3.05) is 0 Å². The molecule has 1 aliphatic heterocycles. The first-order valence-electron chi connectivity index (χ1n) is 3.18. The minimum absolute atomic E-state index is 0.103. The van der Waals surface area contributed by atoms with Crippen LogP contribution in [0.3, 0.4) is 0 Å². The van der Waals surface area contributed by atoms with Crippen LogP contribution in [0.25, 0.3) is 0 Å². The second-order valence-electron chi connectivity index (χ2n) is 2.16. The van der Waals surface area contributed by atoms with Gasteiger partial charge >= 0.3 is 10.4 Å². The molecule has 0 aromatic heterocycles. The first kappa shape index (κ1) is 13.2. The van der Waals surface area contributed by atoms with Gasteiger partial charge in [0, 0.05) is 0 Å².